The molecule has 0 spiro atoms. The Morgan fingerprint density at radius 2 is 1.92 bits per heavy atom. The number of hydrogen-bond donors (Lipinski definition) is 1. The number of nitrogens with zero attached hydrogens (tertiary/aromatic N) is 5. The molecule has 3 aromatic heterocycles. The lowest BCUT2D eigenvalue weighted by atomic mass is 10.0. The van der Waals surface area contributed by atoms with Gasteiger partial charge in [-0.15, -0.1) is 0 Å². The fourth-order valence-corrected chi connectivity index (χ4v) is 5.22. The Kier molecular flexibility index (Phi) is 5.97. The normalized spacial score (nSPS) is 16.9. The van der Waals surface area contributed by atoms with Crippen molar-refractivity contribution < 1.29 is 9.47 Å². The molecule has 1 aromatic carbocycles. The van der Waals surface area contributed by atoms with Gasteiger partial charge in [-0.2, -0.15) is 5.10 Å². The van der Waals surface area contributed by atoms with E-state index in [2.05, 4.69) is 31.0 Å². The van der Waals surface area contributed by atoms with Crippen LogP contribution >= 0.6 is 11.6 Å². The van der Waals surface area contributed by atoms with Crippen LogP contribution in [0.3, 0.4) is 0 Å². The molecule has 0 saturated heterocycles. The summed E-state index contributed by atoms with van der Waals surface area (Å²) in [5.74, 6) is 1.73. The van der Waals surface area contributed by atoms with Gasteiger partial charge in [-0.3, -0.25) is 9.67 Å². The summed E-state index contributed by atoms with van der Waals surface area (Å²) in [4.78, 5) is 13.4. The van der Waals surface area contributed by atoms with Gasteiger partial charge in [-0.25, -0.2) is 9.97 Å². The third kappa shape index (κ3) is 4.15. The van der Waals surface area contributed by atoms with Gasteiger partial charge in [0.1, 0.15) is 17.8 Å². The molecule has 36 heavy (non-hydrogen) atoms. The van der Waals surface area contributed by atoms with E-state index in [-0.39, 0.29) is 6.04 Å². The zero-order chi connectivity index (χ0) is 24.6. The molecule has 0 radical (unpaired) electrons. The van der Waals surface area contributed by atoms with Crippen LogP contribution in [0.2, 0.25) is 5.02 Å². The summed E-state index contributed by atoms with van der Waals surface area (Å²) in [5.41, 5.74) is 6.46. The van der Waals surface area contributed by atoms with Gasteiger partial charge in [0.05, 0.1) is 47.9 Å². The van der Waals surface area contributed by atoms with Gasteiger partial charge < -0.3 is 14.8 Å². The molecule has 0 amide bonds. The molecule has 1 atom stereocenters. The quantitative estimate of drug-likeness (QED) is 0.336. The lowest BCUT2D eigenvalue weighted by molar-refractivity contribution is 0.397. The molecule has 1 fully saturated rings. The minimum Gasteiger partial charge on any atom is -0.494 e. The highest BCUT2D eigenvalue weighted by Gasteiger charge is 2.32. The maximum Gasteiger partial charge on any atom is 0.226 e. The predicted octanol–water partition coefficient (Wildman–Crippen LogP) is 5.90. The maximum atomic E-state index is 6.70. The standard InChI is InChI=1S/C27H27ClN6O2/c1-35-23-6-3-11-29-26(23)18-10-9-17(13-19(18)28)32-20-5-4-12-34-22(20)14-21(33-34)24-25(16-7-8-16)30-15-31-27(24)36-2/h3,6,9-11,13-16,20,32H,4-5,7-8,12H2,1-2H3. The van der Waals surface area contributed by atoms with Gasteiger partial charge in [-0.1, -0.05) is 11.6 Å². The maximum absolute atomic E-state index is 6.70. The highest BCUT2D eigenvalue weighted by Crippen LogP contribution is 2.46. The number of benzene rings is 1. The molecule has 1 N–H and O–H groups in total. The lowest BCUT2D eigenvalue weighted by Gasteiger charge is -2.25. The van der Waals surface area contributed by atoms with E-state index in [9.17, 15) is 0 Å². The zero-order valence-electron chi connectivity index (χ0n) is 20.2. The van der Waals surface area contributed by atoms with Gasteiger partial charge in [0.25, 0.3) is 0 Å². The van der Waals surface area contributed by atoms with E-state index in [0.717, 1.165) is 71.8 Å². The van der Waals surface area contributed by atoms with Crippen LogP contribution in [0.5, 0.6) is 11.6 Å². The lowest BCUT2D eigenvalue weighted by Crippen LogP contribution is -2.21. The Morgan fingerprint density at radius 3 is 2.69 bits per heavy atom. The molecule has 4 aromatic rings. The van der Waals surface area contributed by atoms with E-state index in [0.29, 0.717) is 22.6 Å². The molecule has 4 heterocycles. The Hall–Kier alpha value is -3.65. The number of hydrogen-bond acceptors (Lipinski definition) is 7. The number of fused-ring (bicyclic) bond motifs is 1. The Morgan fingerprint density at radius 1 is 1.03 bits per heavy atom. The van der Waals surface area contributed by atoms with Crippen molar-refractivity contribution in [3.8, 4) is 34.1 Å². The number of aryl methyl sites for hydroxylation is 1. The van der Waals surface area contributed by atoms with E-state index < -0.39 is 0 Å². The van der Waals surface area contributed by atoms with Gasteiger partial charge in [-0.05, 0) is 62.1 Å². The van der Waals surface area contributed by atoms with Crippen LogP contribution in [0.25, 0.3) is 22.5 Å². The Balaban J connectivity index is 1.30. The average molecular weight is 503 g/mol. The smallest absolute Gasteiger partial charge is 0.226 e. The SMILES string of the molecule is COc1cccnc1-c1ccc(NC2CCCn3nc(-c4c(OC)ncnc4C4CC4)cc32)cc1Cl. The molecule has 1 saturated carbocycles. The number of methoxy groups -OCH3 is 2. The topological polar surface area (TPSA) is 87.0 Å². The number of ether oxygens (including phenoxy) is 2. The van der Waals surface area contributed by atoms with Crippen molar-refractivity contribution >= 4 is 17.3 Å². The summed E-state index contributed by atoms with van der Waals surface area (Å²) in [6, 6.07) is 11.9. The summed E-state index contributed by atoms with van der Waals surface area (Å²) in [6.07, 6.45) is 7.64. The fraction of sp³-hybridized carbons (Fsp3) is 0.333. The fourth-order valence-electron chi connectivity index (χ4n) is 4.95. The first-order chi connectivity index (χ1) is 17.7. The first-order valence-corrected chi connectivity index (χ1v) is 12.6. The highest BCUT2D eigenvalue weighted by molar-refractivity contribution is 6.33. The molecule has 0 bridgehead atoms. The number of aromatic nitrogens is 5. The molecular formula is C27H27ClN6O2. The van der Waals surface area contributed by atoms with Gasteiger partial charge in [0.15, 0.2) is 0 Å². The van der Waals surface area contributed by atoms with Gasteiger partial charge >= 0.3 is 0 Å². The first-order valence-electron chi connectivity index (χ1n) is 12.2. The summed E-state index contributed by atoms with van der Waals surface area (Å²) in [6.45, 7) is 0.876. The second kappa shape index (κ2) is 9.43. The minimum atomic E-state index is 0.103. The van der Waals surface area contributed by atoms with Crippen molar-refractivity contribution in [1.29, 1.82) is 0 Å². The second-order valence-corrected chi connectivity index (χ2v) is 9.59. The third-order valence-electron chi connectivity index (χ3n) is 6.84. The summed E-state index contributed by atoms with van der Waals surface area (Å²) in [7, 11) is 3.28. The number of nitrogens with one attached hydrogen (secondary N) is 1. The van der Waals surface area contributed by atoms with E-state index >= 15 is 0 Å². The van der Waals surface area contributed by atoms with Crippen molar-refractivity contribution in [3.63, 3.8) is 0 Å². The zero-order valence-corrected chi connectivity index (χ0v) is 21.0. The number of rotatable bonds is 7. The van der Waals surface area contributed by atoms with Crippen LogP contribution in [0, 0.1) is 0 Å². The van der Waals surface area contributed by atoms with Crippen molar-refractivity contribution in [1.82, 2.24) is 24.7 Å². The summed E-state index contributed by atoms with van der Waals surface area (Å²) < 4.78 is 13.2. The van der Waals surface area contributed by atoms with E-state index in [1.807, 2.05) is 30.3 Å². The molecular weight excluding hydrogens is 476 g/mol. The summed E-state index contributed by atoms with van der Waals surface area (Å²) >= 11 is 6.70. The number of pyridine rings is 1. The third-order valence-corrected chi connectivity index (χ3v) is 7.15. The van der Waals surface area contributed by atoms with E-state index in [4.69, 9.17) is 26.2 Å². The van der Waals surface area contributed by atoms with Gasteiger partial charge in [0, 0.05) is 29.9 Å². The highest BCUT2D eigenvalue weighted by atomic mass is 35.5. The molecule has 184 valence electrons. The molecule has 9 heteroatoms. The largest absolute Gasteiger partial charge is 0.494 e. The van der Waals surface area contributed by atoms with Crippen LogP contribution in [0.1, 0.15) is 49.0 Å². The molecule has 1 unspecified atom stereocenters. The van der Waals surface area contributed by atoms with Crippen LogP contribution < -0.4 is 14.8 Å². The molecule has 6 rings (SSSR count). The van der Waals surface area contributed by atoms with Gasteiger partial charge in [0.2, 0.25) is 5.88 Å². The summed E-state index contributed by atoms with van der Waals surface area (Å²) in [5, 5.41) is 9.23. The first kappa shape index (κ1) is 22.8. The van der Waals surface area contributed by atoms with E-state index in [1.165, 1.54) is 0 Å². The Labute approximate surface area is 214 Å². The number of anilines is 1. The molecule has 1 aliphatic carbocycles. The molecule has 2 aliphatic rings. The van der Waals surface area contributed by atoms with Crippen LogP contribution in [-0.4, -0.2) is 39.0 Å². The average Bonchev–Trinajstić information content (AvgIpc) is 3.66. The minimum absolute atomic E-state index is 0.103. The van der Waals surface area contributed by atoms with Crippen molar-refractivity contribution in [2.45, 2.75) is 44.2 Å². The number of halogens is 1. The van der Waals surface area contributed by atoms with Crippen LogP contribution in [0.15, 0.2) is 48.9 Å². The van der Waals surface area contributed by atoms with Crippen molar-refractivity contribution in [2.24, 2.45) is 0 Å². The van der Waals surface area contributed by atoms with Crippen LogP contribution in [-0.2, 0) is 6.54 Å². The monoisotopic (exact) mass is 502 g/mol. The van der Waals surface area contributed by atoms with Crippen LogP contribution in [0.4, 0.5) is 5.69 Å². The van der Waals surface area contributed by atoms with E-state index in [1.54, 1.807) is 26.7 Å². The second-order valence-electron chi connectivity index (χ2n) is 9.18. The molecule has 1 aliphatic heterocycles. The molecule has 8 nitrogen and oxygen atoms in total. The van der Waals surface area contributed by atoms with Crippen molar-refractivity contribution in [3.05, 3.63) is 65.3 Å². The predicted molar refractivity (Wildman–Crippen MR) is 139 cm³/mol. The van der Waals surface area contributed by atoms with Crippen molar-refractivity contribution in [2.75, 3.05) is 19.5 Å². The Bertz CT molecular complexity index is 1420.